The summed E-state index contributed by atoms with van der Waals surface area (Å²) in [4.78, 5) is 1.07. The molecule has 94 valence electrons. The average Bonchev–Trinajstić information content (AvgIpc) is 2.28. The number of allylic oxidation sites excluding steroid dienone is 2. The van der Waals surface area contributed by atoms with E-state index in [-0.39, 0.29) is 15.6 Å². The van der Waals surface area contributed by atoms with Crippen LogP contribution >= 0.6 is 43.6 Å². The van der Waals surface area contributed by atoms with Gasteiger partial charge in [0.25, 0.3) is 0 Å². The second-order valence-corrected chi connectivity index (χ2v) is 5.37. The number of benzene rings is 1. The molecule has 0 saturated heterocycles. The van der Waals surface area contributed by atoms with Crippen LogP contribution in [0.4, 0.5) is 13.2 Å². The Bertz CT molecular complexity index is 387. The van der Waals surface area contributed by atoms with E-state index in [9.17, 15) is 13.2 Å². The average molecular weight is 390 g/mol. The Morgan fingerprint density at radius 2 is 1.65 bits per heavy atom. The normalized spacial score (nSPS) is 13.5. The van der Waals surface area contributed by atoms with Gasteiger partial charge in [-0.3, -0.25) is 0 Å². The molecule has 1 rings (SSSR count). The van der Waals surface area contributed by atoms with Gasteiger partial charge in [-0.1, -0.05) is 61.8 Å². The van der Waals surface area contributed by atoms with Gasteiger partial charge in [0, 0.05) is 20.5 Å². The largest absolute Gasteiger partial charge is 0.414 e. The number of hydrogen-bond acceptors (Lipinski definition) is 1. The van der Waals surface area contributed by atoms with Crippen LogP contribution < -0.4 is 0 Å². The summed E-state index contributed by atoms with van der Waals surface area (Å²) in [6, 6.07) is 9.01. The van der Waals surface area contributed by atoms with Gasteiger partial charge in [-0.2, -0.15) is 13.2 Å². The topological polar surface area (TPSA) is 0 Å². The van der Waals surface area contributed by atoms with E-state index in [1.54, 1.807) is 24.3 Å². The van der Waals surface area contributed by atoms with Gasteiger partial charge < -0.3 is 0 Å². The first-order chi connectivity index (χ1) is 7.99. The molecule has 0 radical (unpaired) electrons. The molecule has 0 saturated carbocycles. The third-order valence-corrected chi connectivity index (χ3v) is 4.56. The molecule has 0 aliphatic carbocycles. The number of alkyl halides is 5. The van der Waals surface area contributed by atoms with E-state index in [0.29, 0.717) is 0 Å². The van der Waals surface area contributed by atoms with Crippen molar-refractivity contribution < 1.29 is 13.2 Å². The van der Waals surface area contributed by atoms with Crippen LogP contribution in [0.15, 0.2) is 45.7 Å². The molecular weight excluding hydrogens is 381 g/mol. The first-order valence-corrected chi connectivity index (χ1v) is 7.69. The van der Waals surface area contributed by atoms with Gasteiger partial charge in [0.05, 0.1) is 5.57 Å². The standard InChI is InChI=1S/C11H9Br2F3S/c12-6-9(11(14,15)16)10(7-13)17-8-4-2-1-3-5-8/h1-5H,6-7H2/b10-9+. The minimum Gasteiger partial charge on any atom is -0.166 e. The van der Waals surface area contributed by atoms with E-state index in [1.807, 2.05) is 6.07 Å². The lowest BCUT2D eigenvalue weighted by Crippen LogP contribution is -2.15. The lowest BCUT2D eigenvalue weighted by Gasteiger charge is -2.14. The van der Waals surface area contributed by atoms with Gasteiger partial charge in [0.1, 0.15) is 0 Å². The van der Waals surface area contributed by atoms with Crippen molar-refractivity contribution in [1.82, 2.24) is 0 Å². The summed E-state index contributed by atoms with van der Waals surface area (Å²) >= 11 is 7.13. The predicted molar refractivity (Wildman–Crippen MR) is 73.0 cm³/mol. The number of thioether (sulfide) groups is 1. The minimum atomic E-state index is -4.30. The van der Waals surface area contributed by atoms with Gasteiger partial charge in [-0.25, -0.2) is 0 Å². The van der Waals surface area contributed by atoms with Crippen LogP contribution in [-0.2, 0) is 0 Å². The predicted octanol–water partition coefficient (Wildman–Crippen LogP) is 5.38. The highest BCUT2D eigenvalue weighted by Gasteiger charge is 2.35. The van der Waals surface area contributed by atoms with E-state index in [2.05, 4.69) is 31.9 Å². The lowest BCUT2D eigenvalue weighted by atomic mass is 10.3. The molecule has 0 spiro atoms. The highest BCUT2D eigenvalue weighted by molar-refractivity contribution is 9.09. The zero-order valence-corrected chi connectivity index (χ0v) is 12.6. The first kappa shape index (κ1) is 15.1. The number of halogens is 5. The molecule has 0 nitrogen and oxygen atoms in total. The maximum Gasteiger partial charge on any atom is 0.414 e. The summed E-state index contributed by atoms with van der Waals surface area (Å²) in [6.07, 6.45) is -4.30. The van der Waals surface area contributed by atoms with Crippen LogP contribution in [0.25, 0.3) is 0 Å². The molecule has 0 amide bonds. The van der Waals surface area contributed by atoms with Gasteiger partial charge in [-0.15, -0.1) is 0 Å². The van der Waals surface area contributed by atoms with Crippen LogP contribution in [0.1, 0.15) is 0 Å². The number of hydrogen-bond donors (Lipinski definition) is 0. The first-order valence-electron chi connectivity index (χ1n) is 4.63. The van der Waals surface area contributed by atoms with Gasteiger partial charge in [0.2, 0.25) is 0 Å². The zero-order valence-electron chi connectivity index (χ0n) is 8.60. The third kappa shape index (κ3) is 4.67. The summed E-state index contributed by atoms with van der Waals surface area (Å²) in [5.41, 5.74) is -0.539. The SMILES string of the molecule is FC(F)(F)/C(CBr)=C(\CBr)Sc1ccccc1. The van der Waals surface area contributed by atoms with Gasteiger partial charge in [0.15, 0.2) is 0 Å². The van der Waals surface area contributed by atoms with Crippen molar-refractivity contribution in [3.63, 3.8) is 0 Å². The molecule has 0 fully saturated rings. The van der Waals surface area contributed by atoms with Crippen molar-refractivity contribution in [3.8, 4) is 0 Å². The quantitative estimate of drug-likeness (QED) is 0.491. The smallest absolute Gasteiger partial charge is 0.166 e. The van der Waals surface area contributed by atoms with Crippen molar-refractivity contribution >= 4 is 43.6 Å². The van der Waals surface area contributed by atoms with Crippen molar-refractivity contribution in [3.05, 3.63) is 40.8 Å². The Balaban J connectivity index is 3.01. The molecule has 0 N–H and O–H groups in total. The van der Waals surface area contributed by atoms with Crippen LogP contribution in [0.5, 0.6) is 0 Å². The maximum atomic E-state index is 12.7. The highest BCUT2D eigenvalue weighted by Crippen LogP contribution is 2.37. The van der Waals surface area contributed by atoms with Gasteiger partial charge >= 0.3 is 6.18 Å². The van der Waals surface area contributed by atoms with Crippen LogP contribution in [0.3, 0.4) is 0 Å². The summed E-state index contributed by atoms with van der Waals surface area (Å²) in [5, 5.41) is -0.00965. The van der Waals surface area contributed by atoms with E-state index in [1.165, 1.54) is 0 Å². The van der Waals surface area contributed by atoms with Crippen molar-refractivity contribution in [2.75, 3.05) is 10.7 Å². The molecule has 0 aromatic heterocycles. The Hall–Kier alpha value is 0.0600. The highest BCUT2D eigenvalue weighted by atomic mass is 79.9. The van der Waals surface area contributed by atoms with Crippen LogP contribution in [-0.4, -0.2) is 16.8 Å². The summed E-state index contributed by atoms with van der Waals surface area (Å²) in [7, 11) is 0. The molecule has 1 aromatic rings. The van der Waals surface area contributed by atoms with E-state index in [0.717, 1.165) is 16.7 Å². The monoisotopic (exact) mass is 388 g/mol. The zero-order chi connectivity index (χ0) is 12.9. The second kappa shape index (κ2) is 6.85. The molecule has 0 heterocycles. The molecular formula is C11H9Br2F3S. The number of rotatable bonds is 4. The molecule has 0 unspecified atom stereocenters. The summed E-state index contributed by atoms with van der Waals surface area (Å²) in [5.74, 6) is 0. The molecule has 17 heavy (non-hydrogen) atoms. The molecule has 0 aliphatic heterocycles. The lowest BCUT2D eigenvalue weighted by molar-refractivity contribution is -0.0909. The fraction of sp³-hybridized carbons (Fsp3) is 0.273. The minimum absolute atomic E-state index is 0.188. The van der Waals surface area contributed by atoms with Gasteiger partial charge in [-0.05, 0) is 12.1 Å². The molecule has 6 heteroatoms. The molecule has 0 aliphatic rings. The molecule has 1 aromatic carbocycles. The third-order valence-electron chi connectivity index (χ3n) is 1.92. The van der Waals surface area contributed by atoms with Crippen LogP contribution in [0.2, 0.25) is 0 Å². The second-order valence-electron chi connectivity index (χ2n) is 3.08. The van der Waals surface area contributed by atoms with Crippen molar-refractivity contribution in [1.29, 1.82) is 0 Å². The Labute approximate surface area is 119 Å². The summed E-state index contributed by atoms with van der Waals surface area (Å²) < 4.78 is 38.2. The maximum absolute atomic E-state index is 12.7. The van der Waals surface area contributed by atoms with Crippen LogP contribution in [0, 0.1) is 0 Å². The fourth-order valence-electron chi connectivity index (χ4n) is 1.11. The fourth-order valence-corrected chi connectivity index (χ4v) is 3.58. The Kier molecular flexibility index (Phi) is 6.09. The van der Waals surface area contributed by atoms with E-state index >= 15 is 0 Å². The van der Waals surface area contributed by atoms with Crippen molar-refractivity contribution in [2.24, 2.45) is 0 Å². The van der Waals surface area contributed by atoms with E-state index < -0.39 is 11.7 Å². The Morgan fingerprint density at radius 3 is 2.06 bits per heavy atom. The Morgan fingerprint density at radius 1 is 1.06 bits per heavy atom. The van der Waals surface area contributed by atoms with E-state index in [4.69, 9.17) is 0 Å². The van der Waals surface area contributed by atoms with Crippen molar-refractivity contribution in [2.45, 2.75) is 11.1 Å². The molecule has 0 atom stereocenters. The molecule has 0 bridgehead atoms. The summed E-state index contributed by atoms with van der Waals surface area (Å²) in [6.45, 7) is 0.